The standard InChI is InChI=1S/C16H31N3OS.HI/c1-4-17-15(18-10-16(20)5-6-21-11-16)19-14-8-12(2)7-13(3)9-14;/h12-14,20H,4-11H2,1-3H3,(H2,17,18,19);1H. The second-order valence-electron chi connectivity index (χ2n) is 6.98. The minimum absolute atomic E-state index is 0. The number of halogens is 1. The Morgan fingerprint density at radius 2 is 1.95 bits per heavy atom. The van der Waals surface area contributed by atoms with E-state index in [1.54, 1.807) is 0 Å². The van der Waals surface area contributed by atoms with Gasteiger partial charge in [-0.15, -0.1) is 24.0 Å². The first-order valence-corrected chi connectivity index (χ1v) is 9.51. The summed E-state index contributed by atoms with van der Waals surface area (Å²) in [5, 5.41) is 17.3. The molecule has 1 saturated carbocycles. The van der Waals surface area contributed by atoms with Crippen LogP contribution in [0.25, 0.3) is 0 Å². The fourth-order valence-corrected chi connectivity index (χ4v) is 4.81. The van der Waals surface area contributed by atoms with Crippen molar-refractivity contribution in [3.8, 4) is 0 Å². The predicted molar refractivity (Wildman–Crippen MR) is 107 cm³/mol. The Balaban J connectivity index is 0.00000242. The molecule has 0 spiro atoms. The Labute approximate surface area is 156 Å². The zero-order chi connectivity index (χ0) is 15.3. The summed E-state index contributed by atoms with van der Waals surface area (Å²) in [7, 11) is 0. The van der Waals surface area contributed by atoms with E-state index in [2.05, 4.69) is 36.4 Å². The monoisotopic (exact) mass is 441 g/mol. The molecule has 2 fully saturated rings. The van der Waals surface area contributed by atoms with Crippen LogP contribution in [-0.4, -0.2) is 47.3 Å². The van der Waals surface area contributed by atoms with Crippen molar-refractivity contribution in [1.82, 2.24) is 10.6 Å². The molecule has 0 radical (unpaired) electrons. The van der Waals surface area contributed by atoms with Gasteiger partial charge in [-0.05, 0) is 50.2 Å². The van der Waals surface area contributed by atoms with Gasteiger partial charge in [0.05, 0.1) is 12.1 Å². The fourth-order valence-electron chi connectivity index (χ4n) is 3.53. The Bertz CT molecular complexity index is 351. The van der Waals surface area contributed by atoms with Crippen molar-refractivity contribution in [2.75, 3.05) is 24.6 Å². The minimum atomic E-state index is -0.597. The third kappa shape index (κ3) is 6.43. The van der Waals surface area contributed by atoms with Crippen LogP contribution in [0.4, 0.5) is 0 Å². The molecule has 3 atom stereocenters. The molecule has 0 amide bonds. The van der Waals surface area contributed by atoms with Gasteiger partial charge >= 0.3 is 0 Å². The van der Waals surface area contributed by atoms with Gasteiger partial charge in [-0.3, -0.25) is 4.99 Å². The maximum Gasteiger partial charge on any atom is 0.191 e. The molecule has 0 aromatic rings. The summed E-state index contributed by atoms with van der Waals surface area (Å²) >= 11 is 1.82. The summed E-state index contributed by atoms with van der Waals surface area (Å²) < 4.78 is 0. The molecule has 6 heteroatoms. The number of rotatable bonds is 4. The molecule has 3 N–H and O–H groups in total. The van der Waals surface area contributed by atoms with Crippen LogP contribution < -0.4 is 10.6 Å². The molecular formula is C16H32IN3OS. The lowest BCUT2D eigenvalue weighted by atomic mass is 9.80. The summed E-state index contributed by atoms with van der Waals surface area (Å²) in [6, 6.07) is 0.508. The van der Waals surface area contributed by atoms with Crippen molar-refractivity contribution in [3.05, 3.63) is 0 Å². The van der Waals surface area contributed by atoms with E-state index in [1.165, 1.54) is 19.3 Å². The topological polar surface area (TPSA) is 56.7 Å². The summed E-state index contributed by atoms with van der Waals surface area (Å²) in [4.78, 5) is 4.64. The highest BCUT2D eigenvalue weighted by Gasteiger charge is 2.31. The van der Waals surface area contributed by atoms with Gasteiger partial charge in [0.1, 0.15) is 0 Å². The van der Waals surface area contributed by atoms with Gasteiger partial charge < -0.3 is 15.7 Å². The van der Waals surface area contributed by atoms with E-state index in [-0.39, 0.29) is 24.0 Å². The second kappa shape index (κ2) is 9.57. The van der Waals surface area contributed by atoms with Crippen LogP contribution in [0.5, 0.6) is 0 Å². The number of aliphatic imine (C=N–C) groups is 1. The van der Waals surface area contributed by atoms with Crippen LogP contribution >= 0.6 is 35.7 Å². The molecule has 22 heavy (non-hydrogen) atoms. The maximum atomic E-state index is 10.4. The molecule has 0 aromatic carbocycles. The Morgan fingerprint density at radius 1 is 1.27 bits per heavy atom. The van der Waals surface area contributed by atoms with Gasteiger partial charge in [-0.2, -0.15) is 11.8 Å². The normalized spacial score (nSPS) is 35.8. The number of nitrogens with one attached hydrogen (secondary N) is 2. The number of guanidine groups is 1. The Morgan fingerprint density at radius 3 is 2.50 bits per heavy atom. The van der Waals surface area contributed by atoms with E-state index >= 15 is 0 Å². The molecule has 4 nitrogen and oxygen atoms in total. The summed E-state index contributed by atoms with van der Waals surface area (Å²) in [5.41, 5.74) is -0.597. The molecule has 1 heterocycles. The van der Waals surface area contributed by atoms with Crippen LogP contribution in [0.3, 0.4) is 0 Å². The van der Waals surface area contributed by atoms with Gasteiger partial charge in [-0.25, -0.2) is 0 Å². The average Bonchev–Trinajstić information content (AvgIpc) is 2.83. The molecule has 1 aliphatic carbocycles. The van der Waals surface area contributed by atoms with Crippen LogP contribution in [0.1, 0.15) is 46.5 Å². The zero-order valence-electron chi connectivity index (χ0n) is 14.1. The molecule has 0 aromatic heterocycles. The first kappa shape index (κ1) is 20.4. The molecule has 2 aliphatic rings. The average molecular weight is 441 g/mol. The van der Waals surface area contributed by atoms with Crippen LogP contribution in [0, 0.1) is 11.8 Å². The first-order valence-electron chi connectivity index (χ1n) is 8.35. The highest BCUT2D eigenvalue weighted by Crippen LogP contribution is 2.29. The van der Waals surface area contributed by atoms with Crippen molar-refractivity contribution < 1.29 is 5.11 Å². The highest BCUT2D eigenvalue weighted by atomic mass is 127. The van der Waals surface area contributed by atoms with Crippen molar-refractivity contribution in [1.29, 1.82) is 0 Å². The largest absolute Gasteiger partial charge is 0.387 e. The quantitative estimate of drug-likeness (QED) is 0.357. The lowest BCUT2D eigenvalue weighted by molar-refractivity contribution is 0.0778. The molecular weight excluding hydrogens is 409 g/mol. The third-order valence-corrected chi connectivity index (χ3v) is 5.71. The lowest BCUT2D eigenvalue weighted by Gasteiger charge is -2.33. The molecule has 2 rings (SSSR count). The minimum Gasteiger partial charge on any atom is -0.387 e. The summed E-state index contributed by atoms with van der Waals surface area (Å²) in [5.74, 6) is 4.30. The fraction of sp³-hybridized carbons (Fsp3) is 0.938. The Kier molecular flexibility index (Phi) is 8.85. The first-order chi connectivity index (χ1) is 10.0. The van der Waals surface area contributed by atoms with Gasteiger partial charge in [-0.1, -0.05) is 13.8 Å². The van der Waals surface area contributed by atoms with Gasteiger partial charge in [0.2, 0.25) is 0 Å². The van der Waals surface area contributed by atoms with Crippen LogP contribution in [0.15, 0.2) is 4.99 Å². The van der Waals surface area contributed by atoms with Crippen molar-refractivity contribution in [2.45, 2.75) is 58.1 Å². The van der Waals surface area contributed by atoms with E-state index in [1.807, 2.05) is 11.8 Å². The van der Waals surface area contributed by atoms with E-state index in [4.69, 9.17) is 0 Å². The van der Waals surface area contributed by atoms with Crippen molar-refractivity contribution in [2.24, 2.45) is 16.8 Å². The number of hydrogen-bond donors (Lipinski definition) is 3. The number of hydrogen-bond acceptors (Lipinski definition) is 3. The highest BCUT2D eigenvalue weighted by molar-refractivity contribution is 14.0. The van der Waals surface area contributed by atoms with E-state index in [9.17, 15) is 5.11 Å². The molecule has 1 aliphatic heterocycles. The smallest absolute Gasteiger partial charge is 0.191 e. The number of thioether (sulfide) groups is 1. The van der Waals surface area contributed by atoms with Crippen molar-refractivity contribution >= 4 is 41.7 Å². The van der Waals surface area contributed by atoms with Crippen LogP contribution in [-0.2, 0) is 0 Å². The lowest BCUT2D eigenvalue weighted by Crippen LogP contribution is -2.47. The maximum absolute atomic E-state index is 10.4. The predicted octanol–water partition coefficient (Wildman–Crippen LogP) is 2.85. The summed E-state index contributed by atoms with van der Waals surface area (Å²) in [6.07, 6.45) is 4.63. The number of aliphatic hydroxyl groups is 1. The van der Waals surface area contributed by atoms with E-state index in [0.717, 1.165) is 42.3 Å². The molecule has 130 valence electrons. The van der Waals surface area contributed by atoms with Gasteiger partial charge in [0.15, 0.2) is 5.96 Å². The van der Waals surface area contributed by atoms with E-state index in [0.29, 0.717) is 12.6 Å². The number of nitrogens with zero attached hydrogens (tertiary/aromatic N) is 1. The molecule has 3 unspecified atom stereocenters. The van der Waals surface area contributed by atoms with Crippen LogP contribution in [0.2, 0.25) is 0 Å². The molecule has 1 saturated heterocycles. The SMILES string of the molecule is CCNC(=NCC1(O)CCSC1)NC1CC(C)CC(C)C1.I. The zero-order valence-corrected chi connectivity index (χ0v) is 17.2. The van der Waals surface area contributed by atoms with Gasteiger partial charge in [0, 0.05) is 18.3 Å². The van der Waals surface area contributed by atoms with Gasteiger partial charge in [0.25, 0.3) is 0 Å². The molecule has 0 bridgehead atoms. The van der Waals surface area contributed by atoms with Crippen molar-refractivity contribution in [3.63, 3.8) is 0 Å². The second-order valence-corrected chi connectivity index (χ2v) is 8.09. The Hall–Kier alpha value is 0.310. The third-order valence-electron chi connectivity index (χ3n) is 4.48. The van der Waals surface area contributed by atoms with E-state index < -0.39 is 5.60 Å². The summed E-state index contributed by atoms with van der Waals surface area (Å²) in [6.45, 7) is 8.13.